The second kappa shape index (κ2) is 2.28. The lowest BCUT2D eigenvalue weighted by molar-refractivity contribution is 0.914. The van der Waals surface area contributed by atoms with E-state index in [4.69, 9.17) is 11.0 Å². The zero-order valence-electron chi connectivity index (χ0n) is 6.96. The van der Waals surface area contributed by atoms with E-state index in [2.05, 4.69) is 18.0 Å². The van der Waals surface area contributed by atoms with Gasteiger partial charge in [0.25, 0.3) is 0 Å². The average Bonchev–Trinajstić information content (AvgIpc) is 2.63. The van der Waals surface area contributed by atoms with Crippen molar-refractivity contribution in [3.05, 3.63) is 17.3 Å². The van der Waals surface area contributed by atoms with E-state index in [0.29, 0.717) is 23.2 Å². The summed E-state index contributed by atoms with van der Waals surface area (Å²) in [6, 6.07) is 2.13. The van der Waals surface area contributed by atoms with Crippen LogP contribution in [0.3, 0.4) is 0 Å². The molecule has 0 amide bonds. The predicted octanol–water partition coefficient (Wildman–Crippen LogP) is 1.59. The van der Waals surface area contributed by atoms with Gasteiger partial charge < -0.3 is 10.7 Å². The van der Waals surface area contributed by atoms with Crippen LogP contribution in [0.2, 0.25) is 0 Å². The van der Waals surface area contributed by atoms with Gasteiger partial charge in [0, 0.05) is 6.20 Å². The summed E-state index contributed by atoms with van der Waals surface area (Å²) < 4.78 is 0. The van der Waals surface area contributed by atoms with Gasteiger partial charge in [-0.15, -0.1) is 0 Å². The van der Waals surface area contributed by atoms with Crippen LogP contribution in [0.1, 0.15) is 30.4 Å². The van der Waals surface area contributed by atoms with Crippen molar-refractivity contribution >= 4 is 5.82 Å². The SMILES string of the molecule is CC1CC1c1c[nH]c(N)c1C#N. The molecular formula is C9H11N3. The number of rotatable bonds is 1. The van der Waals surface area contributed by atoms with Crippen molar-refractivity contribution in [2.45, 2.75) is 19.3 Å². The molecule has 1 aromatic rings. The zero-order chi connectivity index (χ0) is 8.72. The number of nitrogens with two attached hydrogens (primary N) is 1. The van der Waals surface area contributed by atoms with Crippen molar-refractivity contribution in [1.82, 2.24) is 4.98 Å². The molecule has 0 saturated heterocycles. The van der Waals surface area contributed by atoms with Gasteiger partial charge in [0.1, 0.15) is 11.9 Å². The second-order valence-electron chi connectivity index (χ2n) is 3.46. The number of hydrogen-bond donors (Lipinski definition) is 2. The molecule has 0 aromatic carbocycles. The van der Waals surface area contributed by atoms with Crippen molar-refractivity contribution in [2.24, 2.45) is 5.92 Å². The lowest BCUT2D eigenvalue weighted by Gasteiger charge is -1.92. The first-order valence-corrected chi connectivity index (χ1v) is 4.11. The molecule has 0 aliphatic heterocycles. The molecule has 3 nitrogen and oxygen atoms in total. The summed E-state index contributed by atoms with van der Waals surface area (Å²) in [5.41, 5.74) is 7.33. The van der Waals surface area contributed by atoms with E-state index in [-0.39, 0.29) is 0 Å². The van der Waals surface area contributed by atoms with Gasteiger partial charge >= 0.3 is 0 Å². The minimum Gasteiger partial charge on any atom is -0.384 e. The number of aromatic amines is 1. The Morgan fingerprint density at radius 2 is 2.42 bits per heavy atom. The lowest BCUT2D eigenvalue weighted by atomic mass is 10.1. The normalized spacial score (nSPS) is 26.7. The maximum absolute atomic E-state index is 8.80. The number of H-pyrrole nitrogens is 1. The van der Waals surface area contributed by atoms with E-state index < -0.39 is 0 Å². The molecule has 2 atom stereocenters. The molecule has 0 bridgehead atoms. The highest BCUT2D eigenvalue weighted by molar-refractivity contribution is 5.56. The van der Waals surface area contributed by atoms with Crippen LogP contribution in [0.15, 0.2) is 6.20 Å². The van der Waals surface area contributed by atoms with Crippen molar-refractivity contribution in [3.63, 3.8) is 0 Å². The number of nitrogens with one attached hydrogen (secondary N) is 1. The summed E-state index contributed by atoms with van der Waals surface area (Å²) in [6.45, 7) is 2.19. The molecule has 0 spiro atoms. The third kappa shape index (κ3) is 0.884. The Morgan fingerprint density at radius 3 is 2.92 bits per heavy atom. The van der Waals surface area contributed by atoms with Crippen LogP contribution in [0, 0.1) is 17.2 Å². The molecule has 1 heterocycles. The molecule has 2 unspecified atom stereocenters. The molecule has 1 saturated carbocycles. The largest absolute Gasteiger partial charge is 0.384 e. The molecule has 62 valence electrons. The molecular weight excluding hydrogens is 150 g/mol. The Kier molecular flexibility index (Phi) is 1.37. The van der Waals surface area contributed by atoms with Gasteiger partial charge in [0.15, 0.2) is 0 Å². The fourth-order valence-corrected chi connectivity index (χ4v) is 1.63. The fourth-order valence-electron chi connectivity index (χ4n) is 1.63. The topological polar surface area (TPSA) is 65.6 Å². The number of nitriles is 1. The van der Waals surface area contributed by atoms with Crippen molar-refractivity contribution in [1.29, 1.82) is 5.26 Å². The van der Waals surface area contributed by atoms with Crippen molar-refractivity contribution in [3.8, 4) is 6.07 Å². The molecule has 1 aliphatic carbocycles. The van der Waals surface area contributed by atoms with E-state index in [1.807, 2.05) is 6.20 Å². The first kappa shape index (κ1) is 7.23. The summed E-state index contributed by atoms with van der Waals surface area (Å²) in [6.07, 6.45) is 3.05. The maximum Gasteiger partial charge on any atom is 0.119 e. The molecule has 3 N–H and O–H groups in total. The van der Waals surface area contributed by atoms with Gasteiger partial charge in [0.05, 0.1) is 5.56 Å². The van der Waals surface area contributed by atoms with Gasteiger partial charge in [-0.1, -0.05) is 6.92 Å². The summed E-state index contributed by atoms with van der Waals surface area (Å²) in [5.74, 6) is 1.78. The Morgan fingerprint density at radius 1 is 1.75 bits per heavy atom. The maximum atomic E-state index is 8.80. The quantitative estimate of drug-likeness (QED) is 0.656. The average molecular weight is 161 g/mol. The Hall–Kier alpha value is -1.43. The van der Waals surface area contributed by atoms with Gasteiger partial charge in [-0.05, 0) is 23.8 Å². The Balaban J connectivity index is 2.39. The van der Waals surface area contributed by atoms with Crippen LogP contribution in [-0.2, 0) is 0 Å². The highest BCUT2D eigenvalue weighted by Gasteiger charge is 2.36. The van der Waals surface area contributed by atoms with Crippen LogP contribution in [-0.4, -0.2) is 4.98 Å². The minimum absolute atomic E-state index is 0.506. The van der Waals surface area contributed by atoms with Crippen molar-refractivity contribution in [2.75, 3.05) is 5.73 Å². The van der Waals surface area contributed by atoms with Crippen LogP contribution >= 0.6 is 0 Å². The highest BCUT2D eigenvalue weighted by Crippen LogP contribution is 2.48. The van der Waals surface area contributed by atoms with Crippen LogP contribution in [0.4, 0.5) is 5.82 Å². The number of anilines is 1. The minimum atomic E-state index is 0.506. The first-order valence-electron chi connectivity index (χ1n) is 4.11. The molecule has 3 heteroatoms. The van der Waals surface area contributed by atoms with Crippen LogP contribution < -0.4 is 5.73 Å². The summed E-state index contributed by atoms with van der Waals surface area (Å²) in [4.78, 5) is 2.89. The number of aromatic nitrogens is 1. The van der Waals surface area contributed by atoms with Crippen LogP contribution in [0.5, 0.6) is 0 Å². The summed E-state index contributed by atoms with van der Waals surface area (Å²) in [5, 5.41) is 8.80. The van der Waals surface area contributed by atoms with E-state index >= 15 is 0 Å². The van der Waals surface area contributed by atoms with Gasteiger partial charge in [0.2, 0.25) is 0 Å². The van der Waals surface area contributed by atoms with E-state index in [1.54, 1.807) is 0 Å². The van der Waals surface area contributed by atoms with Gasteiger partial charge in [-0.25, -0.2) is 0 Å². The van der Waals surface area contributed by atoms with E-state index in [0.717, 1.165) is 5.56 Å². The molecule has 12 heavy (non-hydrogen) atoms. The third-order valence-corrected chi connectivity index (χ3v) is 2.56. The molecule has 1 fully saturated rings. The number of hydrogen-bond acceptors (Lipinski definition) is 2. The molecule has 0 radical (unpaired) electrons. The summed E-state index contributed by atoms with van der Waals surface area (Å²) >= 11 is 0. The second-order valence-corrected chi connectivity index (χ2v) is 3.46. The van der Waals surface area contributed by atoms with Gasteiger partial charge in [-0.3, -0.25) is 0 Å². The zero-order valence-corrected chi connectivity index (χ0v) is 6.96. The molecule has 1 aromatic heterocycles. The predicted molar refractivity (Wildman–Crippen MR) is 46.4 cm³/mol. The molecule has 2 rings (SSSR count). The Labute approximate surface area is 71.2 Å². The highest BCUT2D eigenvalue weighted by atomic mass is 14.8. The lowest BCUT2D eigenvalue weighted by Crippen LogP contribution is -1.89. The first-order chi connectivity index (χ1) is 5.74. The Bertz CT molecular complexity index is 345. The fraction of sp³-hybridized carbons (Fsp3) is 0.444. The summed E-state index contributed by atoms with van der Waals surface area (Å²) in [7, 11) is 0. The van der Waals surface area contributed by atoms with Gasteiger partial charge in [-0.2, -0.15) is 5.26 Å². The van der Waals surface area contributed by atoms with E-state index in [9.17, 15) is 0 Å². The smallest absolute Gasteiger partial charge is 0.119 e. The van der Waals surface area contributed by atoms with E-state index in [1.165, 1.54) is 6.42 Å². The third-order valence-electron chi connectivity index (χ3n) is 2.56. The number of nitrogens with zero attached hydrogens (tertiary/aromatic N) is 1. The standard InChI is InChI=1S/C9H11N3/c1-5-2-6(5)8-4-12-9(11)7(8)3-10/h4-6,12H,2,11H2,1H3. The monoisotopic (exact) mass is 161 g/mol. The van der Waals surface area contributed by atoms with Crippen LogP contribution in [0.25, 0.3) is 0 Å². The van der Waals surface area contributed by atoms with Crippen molar-refractivity contribution < 1.29 is 0 Å². The molecule has 1 aliphatic rings. The number of nitrogen functional groups attached to an aromatic ring is 1.